The van der Waals surface area contributed by atoms with Gasteiger partial charge in [0.1, 0.15) is 14.7 Å². The predicted molar refractivity (Wildman–Crippen MR) is 75.5 cm³/mol. The number of piperidine rings is 1. The molecule has 0 radical (unpaired) electrons. The van der Waals surface area contributed by atoms with Crippen LogP contribution < -0.4 is 0 Å². The molecule has 6 nitrogen and oxygen atoms in total. The van der Waals surface area contributed by atoms with Crippen LogP contribution in [-0.4, -0.2) is 52.4 Å². The summed E-state index contributed by atoms with van der Waals surface area (Å²) in [7, 11) is -3.02. The van der Waals surface area contributed by atoms with Crippen LogP contribution in [0.4, 0.5) is 0 Å². The summed E-state index contributed by atoms with van der Waals surface area (Å²) in [6.07, 6.45) is 4.21. The maximum absolute atomic E-state index is 12.6. The number of carbonyl (C=O) groups is 1. The predicted octanol–water partition coefficient (Wildman–Crippen LogP) is 1.03. The summed E-state index contributed by atoms with van der Waals surface area (Å²) in [5, 5.41) is 3.58. The number of nitrogens with zero attached hydrogens (tertiary/aromatic N) is 3. The van der Waals surface area contributed by atoms with Crippen LogP contribution in [0.1, 0.15) is 41.0 Å². The number of fused-ring (bicyclic) bond motifs is 2. The Morgan fingerprint density at radius 1 is 1.30 bits per heavy atom. The Kier molecular flexibility index (Phi) is 3.32. The second-order valence-corrected chi connectivity index (χ2v) is 8.79. The zero-order chi connectivity index (χ0) is 14.5. The standard InChI is InChI=1S/C12H17N3O3S2/c1-7-11(19-14-13-7)12(16)15-8-3-4-9(15)6-10(5-8)20(2,17)18/h8-10H,3-6H2,1-2H3. The van der Waals surface area contributed by atoms with E-state index < -0.39 is 9.84 Å². The van der Waals surface area contributed by atoms with Crippen LogP contribution in [0, 0.1) is 6.92 Å². The van der Waals surface area contributed by atoms with Crippen molar-refractivity contribution in [3.63, 3.8) is 0 Å². The van der Waals surface area contributed by atoms with Gasteiger partial charge in [-0.05, 0) is 44.1 Å². The highest BCUT2D eigenvalue weighted by Crippen LogP contribution is 2.39. The zero-order valence-electron chi connectivity index (χ0n) is 11.4. The molecular formula is C12H17N3O3S2. The van der Waals surface area contributed by atoms with Crippen LogP contribution in [0.3, 0.4) is 0 Å². The lowest BCUT2D eigenvalue weighted by atomic mass is 10.0. The molecule has 0 N–H and O–H groups in total. The molecule has 1 aromatic rings. The number of aromatic nitrogens is 2. The minimum atomic E-state index is -3.02. The van der Waals surface area contributed by atoms with Crippen molar-refractivity contribution < 1.29 is 13.2 Å². The van der Waals surface area contributed by atoms with Gasteiger partial charge in [-0.15, -0.1) is 5.10 Å². The maximum atomic E-state index is 12.6. The lowest BCUT2D eigenvalue weighted by Crippen LogP contribution is -2.49. The van der Waals surface area contributed by atoms with Crippen molar-refractivity contribution in [1.82, 2.24) is 14.5 Å². The summed E-state index contributed by atoms with van der Waals surface area (Å²) < 4.78 is 27.3. The molecule has 2 atom stereocenters. The van der Waals surface area contributed by atoms with Gasteiger partial charge in [-0.25, -0.2) is 8.42 Å². The number of hydrogen-bond acceptors (Lipinski definition) is 6. The van der Waals surface area contributed by atoms with Crippen LogP contribution in [-0.2, 0) is 9.84 Å². The molecule has 20 heavy (non-hydrogen) atoms. The van der Waals surface area contributed by atoms with Crippen molar-refractivity contribution >= 4 is 27.3 Å². The lowest BCUT2D eigenvalue weighted by Gasteiger charge is -2.38. The van der Waals surface area contributed by atoms with Gasteiger partial charge in [-0.1, -0.05) is 4.49 Å². The fourth-order valence-electron chi connectivity index (χ4n) is 3.35. The second-order valence-electron chi connectivity index (χ2n) is 5.71. The minimum Gasteiger partial charge on any atom is -0.332 e. The normalized spacial score (nSPS) is 29.7. The molecular weight excluding hydrogens is 298 g/mol. The Bertz CT molecular complexity index is 626. The highest BCUT2D eigenvalue weighted by molar-refractivity contribution is 7.91. The zero-order valence-corrected chi connectivity index (χ0v) is 13.1. The molecule has 3 heterocycles. The molecule has 0 spiro atoms. The van der Waals surface area contributed by atoms with E-state index in [0.29, 0.717) is 23.4 Å². The Morgan fingerprint density at radius 3 is 2.35 bits per heavy atom. The van der Waals surface area contributed by atoms with Crippen LogP contribution in [0.5, 0.6) is 0 Å². The van der Waals surface area contributed by atoms with Gasteiger partial charge >= 0.3 is 0 Å². The van der Waals surface area contributed by atoms with E-state index in [1.165, 1.54) is 6.26 Å². The topological polar surface area (TPSA) is 80.2 Å². The van der Waals surface area contributed by atoms with Crippen molar-refractivity contribution in [2.75, 3.05) is 6.26 Å². The molecule has 0 aliphatic carbocycles. The molecule has 2 aliphatic rings. The largest absolute Gasteiger partial charge is 0.332 e. The lowest BCUT2D eigenvalue weighted by molar-refractivity contribution is 0.0602. The van der Waals surface area contributed by atoms with E-state index in [2.05, 4.69) is 9.59 Å². The van der Waals surface area contributed by atoms with Crippen molar-refractivity contribution in [1.29, 1.82) is 0 Å². The van der Waals surface area contributed by atoms with E-state index >= 15 is 0 Å². The molecule has 3 rings (SSSR count). The Hall–Kier alpha value is -1.02. The van der Waals surface area contributed by atoms with E-state index in [1.54, 1.807) is 6.92 Å². The van der Waals surface area contributed by atoms with Gasteiger partial charge in [0.05, 0.1) is 10.9 Å². The molecule has 0 saturated carbocycles. The minimum absolute atomic E-state index is 0.0306. The molecule has 2 aliphatic heterocycles. The Labute approximate surface area is 122 Å². The summed E-state index contributed by atoms with van der Waals surface area (Å²) in [6, 6.07) is 0.0879. The maximum Gasteiger partial charge on any atom is 0.268 e. The van der Waals surface area contributed by atoms with E-state index in [0.717, 1.165) is 24.4 Å². The fraction of sp³-hybridized carbons (Fsp3) is 0.750. The molecule has 0 aromatic carbocycles. The first-order valence-electron chi connectivity index (χ1n) is 6.68. The van der Waals surface area contributed by atoms with Crippen LogP contribution >= 0.6 is 11.5 Å². The number of sulfone groups is 1. The third-order valence-corrected chi connectivity index (χ3v) is 6.79. The van der Waals surface area contributed by atoms with Crippen LogP contribution in [0.25, 0.3) is 0 Å². The second kappa shape index (κ2) is 4.77. The highest BCUT2D eigenvalue weighted by Gasteiger charge is 2.46. The average Bonchev–Trinajstić information content (AvgIpc) is 2.89. The molecule has 2 bridgehead atoms. The summed E-state index contributed by atoms with van der Waals surface area (Å²) in [5.41, 5.74) is 0.657. The van der Waals surface area contributed by atoms with E-state index in [-0.39, 0.29) is 23.2 Å². The number of amides is 1. The molecule has 2 saturated heterocycles. The highest BCUT2D eigenvalue weighted by atomic mass is 32.2. The number of rotatable bonds is 2. The van der Waals surface area contributed by atoms with Gasteiger partial charge in [-0.2, -0.15) is 0 Å². The summed E-state index contributed by atoms with van der Waals surface area (Å²) in [5.74, 6) is -0.0306. The van der Waals surface area contributed by atoms with Gasteiger partial charge in [0.25, 0.3) is 5.91 Å². The van der Waals surface area contributed by atoms with Crippen molar-refractivity contribution in [3.05, 3.63) is 10.6 Å². The molecule has 1 aromatic heterocycles. The van der Waals surface area contributed by atoms with Gasteiger partial charge < -0.3 is 4.90 Å². The van der Waals surface area contributed by atoms with Crippen molar-refractivity contribution in [2.45, 2.75) is 49.9 Å². The van der Waals surface area contributed by atoms with Crippen LogP contribution in [0.15, 0.2) is 0 Å². The van der Waals surface area contributed by atoms with Crippen LogP contribution in [0.2, 0.25) is 0 Å². The van der Waals surface area contributed by atoms with E-state index in [4.69, 9.17) is 0 Å². The smallest absolute Gasteiger partial charge is 0.268 e. The van der Waals surface area contributed by atoms with Crippen molar-refractivity contribution in [3.8, 4) is 0 Å². The number of aryl methyl sites for hydroxylation is 1. The molecule has 2 unspecified atom stereocenters. The number of carbonyl (C=O) groups excluding carboxylic acids is 1. The SMILES string of the molecule is Cc1nnsc1C(=O)N1C2CCC1CC(S(C)(=O)=O)C2. The molecule has 110 valence electrons. The third-order valence-electron chi connectivity index (χ3n) is 4.38. The van der Waals surface area contributed by atoms with Gasteiger partial charge in [0, 0.05) is 18.3 Å². The van der Waals surface area contributed by atoms with Crippen molar-refractivity contribution in [2.24, 2.45) is 0 Å². The van der Waals surface area contributed by atoms with Gasteiger partial charge in [0.15, 0.2) is 0 Å². The first-order valence-corrected chi connectivity index (χ1v) is 9.41. The quantitative estimate of drug-likeness (QED) is 0.814. The Balaban J connectivity index is 1.85. The average molecular weight is 315 g/mol. The Morgan fingerprint density at radius 2 is 1.90 bits per heavy atom. The summed E-state index contributed by atoms with van der Waals surface area (Å²) in [6.45, 7) is 1.78. The van der Waals surface area contributed by atoms with E-state index in [9.17, 15) is 13.2 Å². The molecule has 1 amide bonds. The molecule has 8 heteroatoms. The fourth-order valence-corrected chi connectivity index (χ4v) is 5.10. The molecule has 2 fully saturated rings. The first-order chi connectivity index (χ1) is 9.38. The summed E-state index contributed by atoms with van der Waals surface area (Å²) in [4.78, 5) is 15.1. The third kappa shape index (κ3) is 2.24. The monoisotopic (exact) mass is 315 g/mol. The van der Waals surface area contributed by atoms with Gasteiger partial charge in [0.2, 0.25) is 0 Å². The summed E-state index contributed by atoms with van der Waals surface area (Å²) >= 11 is 1.12. The first kappa shape index (κ1) is 13.9. The van der Waals surface area contributed by atoms with E-state index in [1.807, 2.05) is 4.90 Å². The number of hydrogen-bond donors (Lipinski definition) is 0. The van der Waals surface area contributed by atoms with Gasteiger partial charge in [-0.3, -0.25) is 4.79 Å².